The first-order valence-electron chi connectivity index (χ1n) is 11.5. The van der Waals surface area contributed by atoms with E-state index in [2.05, 4.69) is 20.8 Å². The first kappa shape index (κ1) is 27.0. The number of ether oxygens (including phenoxy) is 2. The fourth-order valence-corrected chi connectivity index (χ4v) is 4.35. The lowest BCUT2D eigenvalue weighted by molar-refractivity contribution is -0.182. The van der Waals surface area contributed by atoms with Crippen LogP contribution >= 0.6 is 0 Å². The van der Waals surface area contributed by atoms with Crippen LogP contribution in [0.3, 0.4) is 0 Å². The summed E-state index contributed by atoms with van der Waals surface area (Å²) in [5.41, 5.74) is -1.69. The van der Waals surface area contributed by atoms with E-state index in [-0.39, 0.29) is 11.8 Å². The fraction of sp³-hybridized carbons (Fsp3) is 0.667. The van der Waals surface area contributed by atoms with Crippen LogP contribution in [0.25, 0.3) is 0 Å². The highest BCUT2D eigenvalue weighted by atomic mass is 16.6. The normalized spacial score (nSPS) is 26.6. The Morgan fingerprint density at radius 1 is 0.879 bits per heavy atom. The highest BCUT2D eigenvalue weighted by Gasteiger charge is 2.57. The summed E-state index contributed by atoms with van der Waals surface area (Å²) in [5.74, 6) is -5.03. The third-order valence-corrected chi connectivity index (χ3v) is 5.75. The van der Waals surface area contributed by atoms with E-state index in [9.17, 15) is 19.5 Å². The molecule has 0 aromatic heterocycles. The first-order chi connectivity index (χ1) is 14.7. The van der Waals surface area contributed by atoms with Crippen molar-refractivity contribution in [1.29, 1.82) is 0 Å². The van der Waals surface area contributed by atoms with Gasteiger partial charge in [0.15, 0.2) is 5.78 Å². The molecule has 1 aromatic carbocycles. The lowest BCUT2D eigenvalue weighted by atomic mass is 9.61. The molecular weight excluding hydrogens is 420 g/mol. The van der Waals surface area contributed by atoms with Gasteiger partial charge >= 0.3 is 11.9 Å². The minimum atomic E-state index is -1.68. The number of benzene rings is 1. The smallest absolute Gasteiger partial charge is 0.317 e. The number of hydrogen-bond acceptors (Lipinski definition) is 6. The molecule has 2 rings (SSSR count). The van der Waals surface area contributed by atoms with Crippen LogP contribution in [0.5, 0.6) is 0 Å². The molecule has 1 N–H and O–H groups in total. The van der Waals surface area contributed by atoms with Crippen molar-refractivity contribution in [2.45, 2.75) is 104 Å². The highest BCUT2D eigenvalue weighted by Crippen LogP contribution is 2.47. The average molecular weight is 461 g/mol. The standard InChI is InChI=1S/C27H40O6/c1-24(2,3)17-13-11-16(12-14-17)19-20(22(29)32-25(4,5)6)18(28)15-27(10,31)21(19)23(30)33-26(7,8)9/h11-14,19-21,31H,15H2,1-10H3. The lowest BCUT2D eigenvalue weighted by Crippen LogP contribution is -2.56. The van der Waals surface area contributed by atoms with E-state index in [0.29, 0.717) is 5.56 Å². The summed E-state index contributed by atoms with van der Waals surface area (Å²) in [6.45, 7) is 18.1. The third-order valence-electron chi connectivity index (χ3n) is 5.75. The van der Waals surface area contributed by atoms with E-state index in [0.717, 1.165) is 5.56 Å². The number of rotatable bonds is 3. The zero-order valence-electron chi connectivity index (χ0n) is 21.7. The lowest BCUT2D eigenvalue weighted by Gasteiger charge is -2.44. The predicted molar refractivity (Wildman–Crippen MR) is 127 cm³/mol. The third kappa shape index (κ3) is 6.66. The Hall–Kier alpha value is -2.21. The Labute approximate surface area is 198 Å². The summed E-state index contributed by atoms with van der Waals surface area (Å²) in [6.07, 6.45) is -0.336. The van der Waals surface area contributed by atoms with Crippen LogP contribution in [-0.4, -0.2) is 39.6 Å². The summed E-state index contributed by atoms with van der Waals surface area (Å²) in [4.78, 5) is 39.8. The maximum atomic E-state index is 13.4. The molecule has 4 unspecified atom stereocenters. The summed E-state index contributed by atoms with van der Waals surface area (Å²) in [5, 5.41) is 11.2. The van der Waals surface area contributed by atoms with Gasteiger partial charge in [-0.25, -0.2) is 0 Å². The molecule has 0 spiro atoms. The zero-order valence-corrected chi connectivity index (χ0v) is 21.7. The van der Waals surface area contributed by atoms with Crippen molar-refractivity contribution in [1.82, 2.24) is 0 Å². The minimum Gasteiger partial charge on any atom is -0.460 e. The van der Waals surface area contributed by atoms with Crippen molar-refractivity contribution in [2.24, 2.45) is 11.8 Å². The van der Waals surface area contributed by atoms with Crippen molar-refractivity contribution in [2.75, 3.05) is 0 Å². The van der Waals surface area contributed by atoms with Gasteiger partial charge in [-0.15, -0.1) is 0 Å². The average Bonchev–Trinajstić information content (AvgIpc) is 2.56. The molecular formula is C27H40O6. The number of esters is 2. The van der Waals surface area contributed by atoms with Crippen LogP contribution in [0.15, 0.2) is 24.3 Å². The van der Waals surface area contributed by atoms with Gasteiger partial charge in [0.05, 0.1) is 11.5 Å². The number of carbonyl (C=O) groups excluding carboxylic acids is 3. The van der Waals surface area contributed by atoms with Crippen molar-refractivity contribution >= 4 is 17.7 Å². The molecule has 0 heterocycles. The Balaban J connectivity index is 2.66. The number of carbonyl (C=O) groups is 3. The van der Waals surface area contributed by atoms with Gasteiger partial charge in [0.2, 0.25) is 0 Å². The van der Waals surface area contributed by atoms with Crippen LogP contribution in [-0.2, 0) is 29.3 Å². The molecule has 1 fully saturated rings. The summed E-state index contributed by atoms with van der Waals surface area (Å²) in [6, 6.07) is 7.52. The molecule has 0 aliphatic heterocycles. The quantitative estimate of drug-likeness (QED) is 0.519. The van der Waals surface area contributed by atoms with Gasteiger partial charge in [0.25, 0.3) is 0 Å². The van der Waals surface area contributed by atoms with Crippen LogP contribution in [0.2, 0.25) is 0 Å². The van der Waals surface area contributed by atoms with Gasteiger partial charge < -0.3 is 14.6 Å². The number of hydrogen-bond donors (Lipinski definition) is 1. The molecule has 6 nitrogen and oxygen atoms in total. The summed E-state index contributed by atoms with van der Waals surface area (Å²) >= 11 is 0. The molecule has 1 saturated carbocycles. The van der Waals surface area contributed by atoms with Gasteiger partial charge in [-0.05, 0) is 65.0 Å². The van der Waals surface area contributed by atoms with Crippen LogP contribution < -0.4 is 0 Å². The largest absolute Gasteiger partial charge is 0.460 e. The van der Waals surface area contributed by atoms with Crippen LogP contribution in [0.1, 0.15) is 92.7 Å². The number of ketones is 1. The highest BCUT2D eigenvalue weighted by molar-refractivity contribution is 6.03. The molecule has 0 radical (unpaired) electrons. The molecule has 1 aliphatic rings. The predicted octanol–water partition coefficient (Wildman–Crippen LogP) is 4.71. The molecule has 4 atom stereocenters. The SMILES string of the molecule is CC(C)(C)OC(=O)C1C(=O)CC(C)(O)C(C(=O)OC(C)(C)C)C1c1ccc(C(C)(C)C)cc1. The van der Waals surface area contributed by atoms with Crippen LogP contribution in [0, 0.1) is 11.8 Å². The molecule has 0 bridgehead atoms. The Kier molecular flexibility index (Phi) is 7.26. The van der Waals surface area contributed by atoms with Crippen molar-refractivity contribution in [3.8, 4) is 0 Å². The molecule has 1 aromatic rings. The molecule has 6 heteroatoms. The van der Waals surface area contributed by atoms with E-state index >= 15 is 0 Å². The minimum absolute atomic E-state index is 0.0957. The molecule has 0 saturated heterocycles. The van der Waals surface area contributed by atoms with E-state index in [1.54, 1.807) is 41.5 Å². The fourth-order valence-electron chi connectivity index (χ4n) is 4.35. The molecule has 33 heavy (non-hydrogen) atoms. The van der Waals surface area contributed by atoms with E-state index in [4.69, 9.17) is 9.47 Å². The van der Waals surface area contributed by atoms with Crippen molar-refractivity contribution in [3.05, 3.63) is 35.4 Å². The Morgan fingerprint density at radius 2 is 1.33 bits per heavy atom. The monoisotopic (exact) mass is 460 g/mol. The van der Waals surface area contributed by atoms with Crippen molar-refractivity contribution < 1.29 is 29.0 Å². The van der Waals surface area contributed by atoms with Gasteiger partial charge in [0.1, 0.15) is 17.1 Å². The van der Waals surface area contributed by atoms with Crippen molar-refractivity contribution in [3.63, 3.8) is 0 Å². The van der Waals surface area contributed by atoms with E-state index < -0.39 is 52.3 Å². The Bertz CT molecular complexity index is 891. The molecule has 0 amide bonds. The second-order valence-corrected chi connectivity index (χ2v) is 12.4. The topological polar surface area (TPSA) is 89.9 Å². The van der Waals surface area contributed by atoms with E-state index in [1.165, 1.54) is 6.92 Å². The number of aliphatic hydroxyl groups is 1. The molecule has 184 valence electrons. The van der Waals surface area contributed by atoms with E-state index in [1.807, 2.05) is 24.3 Å². The van der Waals surface area contributed by atoms with Gasteiger partial charge in [0, 0.05) is 12.3 Å². The first-order valence-corrected chi connectivity index (χ1v) is 11.5. The van der Waals surface area contributed by atoms with Gasteiger partial charge in [-0.2, -0.15) is 0 Å². The van der Waals surface area contributed by atoms with Gasteiger partial charge in [-0.1, -0.05) is 45.0 Å². The maximum absolute atomic E-state index is 13.4. The number of Topliss-reactive ketones (excluding diaryl/α,β-unsaturated/α-hetero) is 1. The molecule has 1 aliphatic carbocycles. The Morgan fingerprint density at radius 3 is 1.76 bits per heavy atom. The maximum Gasteiger partial charge on any atom is 0.317 e. The summed E-state index contributed by atoms with van der Waals surface area (Å²) in [7, 11) is 0. The van der Waals surface area contributed by atoms with Gasteiger partial charge in [-0.3, -0.25) is 14.4 Å². The second kappa shape index (κ2) is 8.86. The second-order valence-electron chi connectivity index (χ2n) is 12.4. The zero-order chi connectivity index (χ0) is 25.6. The van der Waals surface area contributed by atoms with Crippen LogP contribution in [0.4, 0.5) is 0 Å². The summed E-state index contributed by atoms with van der Waals surface area (Å²) < 4.78 is 11.2.